The van der Waals surface area contributed by atoms with Crippen LogP contribution in [0.4, 0.5) is 21.7 Å². The van der Waals surface area contributed by atoms with E-state index in [-0.39, 0.29) is 22.8 Å². The lowest BCUT2D eigenvalue weighted by Gasteiger charge is -2.42. The number of hydrogen-bond donors (Lipinski definition) is 2. The summed E-state index contributed by atoms with van der Waals surface area (Å²) in [6.45, 7) is 4.39. The number of aromatic amines is 1. The fourth-order valence-electron chi connectivity index (χ4n) is 6.81. The van der Waals surface area contributed by atoms with Crippen molar-refractivity contribution in [3.63, 3.8) is 0 Å². The van der Waals surface area contributed by atoms with E-state index < -0.39 is 0 Å². The van der Waals surface area contributed by atoms with Gasteiger partial charge in [0, 0.05) is 44.5 Å². The molecule has 3 aromatic heterocycles. The van der Waals surface area contributed by atoms with Crippen molar-refractivity contribution in [3.8, 4) is 0 Å². The summed E-state index contributed by atoms with van der Waals surface area (Å²) in [5, 5.41) is 7.69. The molecule has 3 aliphatic rings. The molecular formula is C28H31FN8O. The van der Waals surface area contributed by atoms with Gasteiger partial charge in [0.05, 0.1) is 11.4 Å². The van der Waals surface area contributed by atoms with Crippen molar-refractivity contribution in [1.29, 1.82) is 0 Å². The summed E-state index contributed by atoms with van der Waals surface area (Å²) >= 11 is 0. The molecule has 1 aromatic carbocycles. The highest BCUT2D eigenvalue weighted by atomic mass is 19.1. The molecular weight excluding hydrogens is 483 g/mol. The summed E-state index contributed by atoms with van der Waals surface area (Å²) in [7, 11) is 1.78. The molecule has 5 heterocycles. The van der Waals surface area contributed by atoms with Crippen LogP contribution in [0.5, 0.6) is 0 Å². The van der Waals surface area contributed by atoms with Crippen LogP contribution in [-0.2, 0) is 19.9 Å². The molecule has 0 unspecified atom stereocenters. The second kappa shape index (κ2) is 8.36. The summed E-state index contributed by atoms with van der Waals surface area (Å²) in [5.74, 6) is 1.36. The molecule has 4 aromatic rings. The molecule has 1 atom stereocenters. The van der Waals surface area contributed by atoms with E-state index in [1.165, 1.54) is 6.07 Å². The van der Waals surface area contributed by atoms with Gasteiger partial charge in [0.1, 0.15) is 5.82 Å². The fourth-order valence-corrected chi connectivity index (χ4v) is 6.81. The molecule has 1 fully saturated rings. The first-order chi connectivity index (χ1) is 18.3. The van der Waals surface area contributed by atoms with E-state index in [4.69, 9.17) is 15.7 Å². The minimum Gasteiger partial charge on any atom is -0.355 e. The number of aromatic nitrogens is 5. The Hall–Kier alpha value is -3.79. The zero-order valence-electron chi connectivity index (χ0n) is 21.7. The number of aryl methyl sites for hydroxylation is 2. The number of nitrogens with two attached hydrogens (primary N) is 1. The van der Waals surface area contributed by atoms with Crippen LogP contribution >= 0.6 is 0 Å². The molecule has 2 aliphatic heterocycles. The second-order valence-electron chi connectivity index (χ2n) is 11.1. The Bertz CT molecular complexity index is 1630. The summed E-state index contributed by atoms with van der Waals surface area (Å²) in [6.07, 6.45) is 6.09. The van der Waals surface area contributed by atoms with Gasteiger partial charge in [0.2, 0.25) is 0 Å². The average Bonchev–Trinajstić information content (AvgIpc) is 3.43. The predicted molar refractivity (Wildman–Crippen MR) is 144 cm³/mol. The second-order valence-corrected chi connectivity index (χ2v) is 11.1. The van der Waals surface area contributed by atoms with Crippen molar-refractivity contribution in [1.82, 2.24) is 24.7 Å². The third-order valence-corrected chi connectivity index (χ3v) is 8.92. The number of rotatable bonds is 2. The number of piperidine rings is 1. The van der Waals surface area contributed by atoms with Gasteiger partial charge >= 0.3 is 0 Å². The average molecular weight is 515 g/mol. The molecule has 196 valence electrons. The molecule has 0 bridgehead atoms. The largest absolute Gasteiger partial charge is 0.355 e. The molecule has 0 amide bonds. The van der Waals surface area contributed by atoms with Gasteiger partial charge < -0.3 is 20.1 Å². The van der Waals surface area contributed by atoms with Crippen LogP contribution in [0.2, 0.25) is 0 Å². The molecule has 0 saturated carbocycles. The third kappa shape index (κ3) is 3.39. The topological polar surface area (TPSA) is 109 Å². The minimum atomic E-state index is -0.195. The van der Waals surface area contributed by atoms with Gasteiger partial charge in [0.25, 0.3) is 5.56 Å². The van der Waals surface area contributed by atoms with Crippen molar-refractivity contribution in [2.24, 2.45) is 18.2 Å². The van der Waals surface area contributed by atoms with Crippen molar-refractivity contribution in [3.05, 3.63) is 69.0 Å². The van der Waals surface area contributed by atoms with E-state index in [0.29, 0.717) is 17.0 Å². The zero-order chi connectivity index (χ0) is 26.2. The number of anilines is 3. The highest BCUT2D eigenvalue weighted by molar-refractivity contribution is 5.88. The monoisotopic (exact) mass is 514 g/mol. The van der Waals surface area contributed by atoms with Crippen molar-refractivity contribution in [2.45, 2.75) is 45.1 Å². The predicted octanol–water partition coefficient (Wildman–Crippen LogP) is 3.43. The Morgan fingerprint density at radius 1 is 1.13 bits per heavy atom. The molecule has 1 saturated heterocycles. The third-order valence-electron chi connectivity index (χ3n) is 8.92. The molecule has 0 radical (unpaired) electrons. The van der Waals surface area contributed by atoms with Gasteiger partial charge in [-0.1, -0.05) is 6.07 Å². The van der Waals surface area contributed by atoms with Gasteiger partial charge in [-0.05, 0) is 73.8 Å². The van der Waals surface area contributed by atoms with Crippen LogP contribution in [0, 0.1) is 18.2 Å². The highest BCUT2D eigenvalue weighted by Gasteiger charge is 2.46. The first-order valence-electron chi connectivity index (χ1n) is 13.3. The molecule has 1 aliphatic carbocycles. The Morgan fingerprint density at radius 3 is 2.76 bits per heavy atom. The molecule has 10 heteroatoms. The number of halogens is 1. The van der Waals surface area contributed by atoms with Crippen LogP contribution in [0.1, 0.15) is 47.7 Å². The molecule has 1 spiro atoms. The minimum absolute atomic E-state index is 0.0367. The highest BCUT2D eigenvalue weighted by Crippen LogP contribution is 2.51. The Morgan fingerprint density at radius 2 is 1.95 bits per heavy atom. The molecule has 9 nitrogen and oxygen atoms in total. The Kier molecular flexibility index (Phi) is 5.13. The van der Waals surface area contributed by atoms with Crippen molar-refractivity contribution < 1.29 is 4.39 Å². The first-order valence-corrected chi connectivity index (χ1v) is 13.3. The van der Waals surface area contributed by atoms with Crippen LogP contribution in [-0.4, -0.2) is 44.4 Å². The number of pyridine rings is 1. The van der Waals surface area contributed by atoms with E-state index in [9.17, 15) is 9.18 Å². The SMILES string of the molecule is Cc1nc2c(N3CCCc4c3ccn(C)c4=O)n[nH]c2nc1N1CCC2(CC1)Cc1cc(F)ccc1[C@H]2N. The lowest BCUT2D eigenvalue weighted by Crippen LogP contribution is -2.44. The van der Waals surface area contributed by atoms with Crippen LogP contribution in [0.15, 0.2) is 35.3 Å². The van der Waals surface area contributed by atoms with Crippen molar-refractivity contribution in [2.75, 3.05) is 29.4 Å². The molecule has 7 rings (SSSR count). The van der Waals surface area contributed by atoms with Gasteiger partial charge in [-0.2, -0.15) is 5.10 Å². The lowest BCUT2D eigenvalue weighted by atomic mass is 9.73. The molecule has 38 heavy (non-hydrogen) atoms. The summed E-state index contributed by atoms with van der Waals surface area (Å²) < 4.78 is 15.5. The van der Waals surface area contributed by atoms with Crippen LogP contribution < -0.4 is 21.1 Å². The quantitative estimate of drug-likeness (QED) is 0.422. The molecule has 3 N–H and O–H groups in total. The normalized spacial score (nSPS) is 20.3. The maximum absolute atomic E-state index is 13.8. The lowest BCUT2D eigenvalue weighted by molar-refractivity contribution is 0.187. The van der Waals surface area contributed by atoms with Gasteiger partial charge in [-0.25, -0.2) is 14.4 Å². The Labute approximate surface area is 219 Å². The number of nitrogens with one attached hydrogen (secondary N) is 1. The van der Waals surface area contributed by atoms with Crippen molar-refractivity contribution >= 4 is 28.5 Å². The number of benzene rings is 1. The van der Waals surface area contributed by atoms with E-state index in [2.05, 4.69) is 20.0 Å². The number of fused-ring (bicyclic) bond motifs is 3. The standard InChI is InChI=1S/C28H31FN8O/c1-16-25(36-12-8-28(9-13-36)15-17-14-18(29)5-6-19(17)23(28)30)32-24-22(31-16)26(34-33-24)37-10-3-4-20-21(37)7-11-35(2)27(20)38/h5-7,11,14,23H,3-4,8-10,12-13,15,30H2,1-2H3,(H,32,33,34)/t23-/m1/s1. The van der Waals surface area contributed by atoms with Gasteiger partial charge in [-0.3, -0.25) is 9.89 Å². The number of H-pyrrole nitrogens is 1. The zero-order valence-corrected chi connectivity index (χ0v) is 21.7. The van der Waals surface area contributed by atoms with E-state index in [1.54, 1.807) is 23.9 Å². The number of nitrogens with zero attached hydrogens (tertiary/aromatic N) is 6. The van der Waals surface area contributed by atoms with Crippen LogP contribution in [0.25, 0.3) is 11.2 Å². The van der Waals surface area contributed by atoms with E-state index >= 15 is 0 Å². The van der Waals surface area contributed by atoms with E-state index in [1.807, 2.05) is 19.1 Å². The maximum Gasteiger partial charge on any atom is 0.255 e. The van der Waals surface area contributed by atoms with E-state index in [0.717, 1.165) is 85.6 Å². The van der Waals surface area contributed by atoms with Gasteiger partial charge in [-0.15, -0.1) is 0 Å². The number of hydrogen-bond acceptors (Lipinski definition) is 7. The summed E-state index contributed by atoms with van der Waals surface area (Å²) in [6, 6.07) is 6.92. The maximum atomic E-state index is 13.8. The van der Waals surface area contributed by atoms with Gasteiger partial charge in [0.15, 0.2) is 22.8 Å². The summed E-state index contributed by atoms with van der Waals surface area (Å²) in [5.41, 5.74) is 12.7. The van der Waals surface area contributed by atoms with Crippen LogP contribution in [0.3, 0.4) is 0 Å². The fraction of sp³-hybridized carbons (Fsp3) is 0.429. The first kappa shape index (κ1) is 23.3. The smallest absolute Gasteiger partial charge is 0.255 e. The summed E-state index contributed by atoms with van der Waals surface area (Å²) in [4.78, 5) is 27.0. The Balaban J connectivity index is 1.16.